The van der Waals surface area contributed by atoms with Gasteiger partial charge in [-0.1, -0.05) is 0 Å². The molecular formula is C15H16N2O2S. The lowest BCUT2D eigenvalue weighted by atomic mass is 10.2. The molecule has 5 heteroatoms. The summed E-state index contributed by atoms with van der Waals surface area (Å²) >= 11 is 1.49. The summed E-state index contributed by atoms with van der Waals surface area (Å²) in [6.45, 7) is 3.22. The fraction of sp³-hybridized carbons (Fsp3) is 0.267. The van der Waals surface area contributed by atoms with Gasteiger partial charge in [0.2, 0.25) is 0 Å². The van der Waals surface area contributed by atoms with E-state index in [-0.39, 0.29) is 0 Å². The minimum absolute atomic E-state index is 0.594. The van der Waals surface area contributed by atoms with Crippen LogP contribution in [0.4, 0.5) is 5.69 Å². The first kappa shape index (κ1) is 14.2. The molecule has 0 bridgehead atoms. The number of thiophene rings is 1. The van der Waals surface area contributed by atoms with Crippen molar-refractivity contribution in [1.82, 2.24) is 0 Å². The Morgan fingerprint density at radius 3 is 2.75 bits per heavy atom. The van der Waals surface area contributed by atoms with Crippen LogP contribution in [-0.4, -0.2) is 13.7 Å². The summed E-state index contributed by atoms with van der Waals surface area (Å²) in [6, 6.07) is 11.7. The van der Waals surface area contributed by atoms with E-state index in [2.05, 4.69) is 11.4 Å². The quantitative estimate of drug-likeness (QED) is 0.881. The minimum atomic E-state index is 0.594. The molecule has 0 fully saturated rings. The first-order chi connectivity index (χ1) is 9.76. The Balaban J connectivity index is 2.05. The summed E-state index contributed by atoms with van der Waals surface area (Å²) in [5.74, 6) is 1.45. The van der Waals surface area contributed by atoms with E-state index in [0.29, 0.717) is 13.2 Å². The zero-order chi connectivity index (χ0) is 14.4. The van der Waals surface area contributed by atoms with E-state index in [1.807, 2.05) is 37.3 Å². The van der Waals surface area contributed by atoms with Gasteiger partial charge in [0.05, 0.1) is 13.7 Å². The minimum Gasteiger partial charge on any atom is -0.493 e. The van der Waals surface area contributed by atoms with E-state index in [1.165, 1.54) is 11.3 Å². The van der Waals surface area contributed by atoms with Crippen LogP contribution in [0.3, 0.4) is 0 Å². The first-order valence-electron chi connectivity index (χ1n) is 6.30. The first-order valence-corrected chi connectivity index (χ1v) is 7.12. The maximum Gasteiger partial charge on any atom is 0.163 e. The van der Waals surface area contributed by atoms with Gasteiger partial charge in [0.25, 0.3) is 0 Å². The number of methoxy groups -OCH3 is 1. The number of anilines is 1. The summed E-state index contributed by atoms with van der Waals surface area (Å²) < 4.78 is 10.8. The van der Waals surface area contributed by atoms with Crippen molar-refractivity contribution in [2.75, 3.05) is 19.0 Å². The number of rotatable bonds is 6. The van der Waals surface area contributed by atoms with Gasteiger partial charge in [-0.3, -0.25) is 0 Å². The van der Waals surface area contributed by atoms with Crippen molar-refractivity contribution >= 4 is 17.0 Å². The van der Waals surface area contributed by atoms with Gasteiger partial charge >= 0.3 is 0 Å². The molecule has 0 aliphatic rings. The SMILES string of the molecule is CCOc1cc(NCc2ccc(C#N)s2)ccc1OC. The van der Waals surface area contributed by atoms with Crippen LogP contribution in [0, 0.1) is 11.3 Å². The van der Waals surface area contributed by atoms with Crippen LogP contribution in [0.15, 0.2) is 30.3 Å². The van der Waals surface area contributed by atoms with Gasteiger partial charge < -0.3 is 14.8 Å². The highest BCUT2D eigenvalue weighted by Crippen LogP contribution is 2.30. The number of nitrogens with one attached hydrogen (secondary N) is 1. The van der Waals surface area contributed by atoms with Gasteiger partial charge in [-0.15, -0.1) is 11.3 Å². The molecule has 20 heavy (non-hydrogen) atoms. The van der Waals surface area contributed by atoms with Crippen molar-refractivity contribution < 1.29 is 9.47 Å². The molecule has 104 valence electrons. The molecule has 1 heterocycles. The number of hydrogen-bond acceptors (Lipinski definition) is 5. The number of hydrogen-bond donors (Lipinski definition) is 1. The molecule has 0 atom stereocenters. The smallest absolute Gasteiger partial charge is 0.163 e. The van der Waals surface area contributed by atoms with Gasteiger partial charge in [-0.2, -0.15) is 5.26 Å². The molecule has 4 nitrogen and oxygen atoms in total. The van der Waals surface area contributed by atoms with Crippen molar-refractivity contribution in [2.24, 2.45) is 0 Å². The molecule has 0 aliphatic carbocycles. The summed E-state index contributed by atoms with van der Waals surface area (Å²) in [4.78, 5) is 1.85. The predicted octanol–water partition coefficient (Wildman–Crippen LogP) is 3.64. The van der Waals surface area contributed by atoms with Crippen LogP contribution >= 0.6 is 11.3 Å². The molecule has 1 aromatic carbocycles. The van der Waals surface area contributed by atoms with Crippen LogP contribution in [0.1, 0.15) is 16.7 Å². The van der Waals surface area contributed by atoms with E-state index >= 15 is 0 Å². The van der Waals surface area contributed by atoms with Crippen molar-refractivity contribution in [1.29, 1.82) is 5.26 Å². The summed E-state index contributed by atoms with van der Waals surface area (Å²) in [5, 5.41) is 12.1. The molecule has 0 radical (unpaired) electrons. The highest BCUT2D eigenvalue weighted by Gasteiger charge is 2.05. The number of nitriles is 1. The monoisotopic (exact) mass is 288 g/mol. The standard InChI is InChI=1S/C15H16N2O2S/c1-3-19-15-8-11(4-7-14(15)18-2)17-10-13-6-5-12(9-16)20-13/h4-8,17H,3,10H2,1-2H3. The third kappa shape index (κ3) is 3.43. The number of ether oxygens (including phenoxy) is 2. The van der Waals surface area contributed by atoms with Crippen molar-refractivity contribution in [2.45, 2.75) is 13.5 Å². The average Bonchev–Trinajstić information content (AvgIpc) is 2.94. The fourth-order valence-corrected chi connectivity index (χ4v) is 2.52. The highest BCUT2D eigenvalue weighted by molar-refractivity contribution is 7.12. The second-order valence-corrected chi connectivity index (χ2v) is 5.20. The van der Waals surface area contributed by atoms with E-state index < -0.39 is 0 Å². The zero-order valence-corrected chi connectivity index (χ0v) is 12.3. The summed E-state index contributed by atoms with van der Waals surface area (Å²) in [5.41, 5.74) is 0.959. The maximum atomic E-state index is 8.80. The van der Waals surface area contributed by atoms with Crippen molar-refractivity contribution in [3.8, 4) is 17.6 Å². The van der Waals surface area contributed by atoms with Crippen LogP contribution in [-0.2, 0) is 6.54 Å². The Hall–Kier alpha value is -2.19. The van der Waals surface area contributed by atoms with E-state index in [4.69, 9.17) is 14.7 Å². The van der Waals surface area contributed by atoms with Crippen LogP contribution in [0.5, 0.6) is 11.5 Å². The lowest BCUT2D eigenvalue weighted by Crippen LogP contribution is -2.00. The molecule has 0 saturated heterocycles. The average molecular weight is 288 g/mol. The Labute approximate surface area is 122 Å². The van der Waals surface area contributed by atoms with Gasteiger partial charge in [0.1, 0.15) is 10.9 Å². The second-order valence-electron chi connectivity index (χ2n) is 4.03. The van der Waals surface area contributed by atoms with Gasteiger partial charge in [-0.25, -0.2) is 0 Å². The summed E-state index contributed by atoms with van der Waals surface area (Å²) in [7, 11) is 1.63. The van der Waals surface area contributed by atoms with Crippen LogP contribution in [0.2, 0.25) is 0 Å². The van der Waals surface area contributed by atoms with Crippen LogP contribution < -0.4 is 14.8 Å². The molecule has 2 rings (SSSR count). The van der Waals surface area contributed by atoms with E-state index in [1.54, 1.807) is 7.11 Å². The van der Waals surface area contributed by atoms with E-state index in [9.17, 15) is 0 Å². The largest absolute Gasteiger partial charge is 0.493 e. The highest BCUT2D eigenvalue weighted by atomic mass is 32.1. The number of benzene rings is 1. The lowest BCUT2D eigenvalue weighted by molar-refractivity contribution is 0.311. The predicted molar refractivity (Wildman–Crippen MR) is 80.5 cm³/mol. The zero-order valence-electron chi connectivity index (χ0n) is 11.5. The molecule has 0 aliphatic heterocycles. The summed E-state index contributed by atoms with van der Waals surface area (Å²) in [6.07, 6.45) is 0. The molecule has 0 spiro atoms. The van der Waals surface area contributed by atoms with Crippen LogP contribution in [0.25, 0.3) is 0 Å². The van der Waals surface area contributed by atoms with E-state index in [0.717, 1.165) is 26.9 Å². The Morgan fingerprint density at radius 1 is 1.25 bits per heavy atom. The van der Waals surface area contributed by atoms with Crippen molar-refractivity contribution in [3.05, 3.63) is 40.1 Å². The molecule has 0 amide bonds. The third-order valence-electron chi connectivity index (χ3n) is 2.70. The maximum absolute atomic E-state index is 8.80. The van der Waals surface area contributed by atoms with Crippen molar-refractivity contribution in [3.63, 3.8) is 0 Å². The second kappa shape index (κ2) is 6.83. The molecule has 1 aromatic heterocycles. The molecule has 1 N–H and O–H groups in total. The van der Waals surface area contributed by atoms with Gasteiger partial charge in [0, 0.05) is 23.2 Å². The Kier molecular flexibility index (Phi) is 4.85. The molecular weight excluding hydrogens is 272 g/mol. The lowest BCUT2D eigenvalue weighted by Gasteiger charge is -2.12. The third-order valence-corrected chi connectivity index (χ3v) is 3.69. The topological polar surface area (TPSA) is 54.3 Å². The van der Waals surface area contributed by atoms with Gasteiger partial charge in [0.15, 0.2) is 11.5 Å². The molecule has 0 saturated carbocycles. The van der Waals surface area contributed by atoms with Gasteiger partial charge in [-0.05, 0) is 31.2 Å². The normalized spacial score (nSPS) is 9.85. The molecule has 0 unspecified atom stereocenters. The molecule has 2 aromatic rings. The Morgan fingerprint density at radius 2 is 2.10 bits per heavy atom. The Bertz CT molecular complexity index is 617. The fourth-order valence-electron chi connectivity index (χ4n) is 1.78. The number of nitrogens with zero attached hydrogens (tertiary/aromatic N) is 1.